The van der Waals surface area contributed by atoms with Crippen LogP contribution in [0.25, 0.3) is 10.9 Å². The Morgan fingerprint density at radius 3 is 2.41 bits per heavy atom. The molecule has 0 saturated heterocycles. The van der Waals surface area contributed by atoms with Crippen molar-refractivity contribution in [1.82, 2.24) is 9.47 Å². The van der Waals surface area contributed by atoms with Crippen molar-refractivity contribution < 1.29 is 4.39 Å². The van der Waals surface area contributed by atoms with Gasteiger partial charge in [-0.15, -0.1) is 0 Å². The fourth-order valence-corrected chi connectivity index (χ4v) is 4.81. The van der Waals surface area contributed by atoms with E-state index < -0.39 is 0 Å². The van der Waals surface area contributed by atoms with Crippen LogP contribution < -0.4 is 0 Å². The number of nitrogens with zero attached hydrogens (tertiary/aromatic N) is 2. The lowest BCUT2D eigenvalue weighted by Crippen LogP contribution is -2.30. The van der Waals surface area contributed by atoms with Gasteiger partial charge >= 0.3 is 0 Å². The fraction of sp³-hybridized carbons (Fsp3) is 0.267. The second kappa shape index (κ2) is 11.0. The van der Waals surface area contributed by atoms with Gasteiger partial charge in [0.05, 0.1) is 5.83 Å². The minimum Gasteiger partial charge on any atom is -0.340 e. The summed E-state index contributed by atoms with van der Waals surface area (Å²) in [7, 11) is 0. The van der Waals surface area contributed by atoms with E-state index in [0.29, 0.717) is 0 Å². The van der Waals surface area contributed by atoms with Gasteiger partial charge in [0.1, 0.15) is 0 Å². The molecule has 2 nitrogen and oxygen atoms in total. The van der Waals surface area contributed by atoms with Crippen molar-refractivity contribution in [2.45, 2.75) is 46.8 Å². The Bertz CT molecular complexity index is 1290. The Hall–Kier alpha value is -2.88. The Morgan fingerprint density at radius 2 is 1.71 bits per heavy atom. The third-order valence-electron chi connectivity index (χ3n) is 6.37. The van der Waals surface area contributed by atoms with Crippen LogP contribution in [0.4, 0.5) is 4.39 Å². The number of fused-ring (bicyclic) bond motifs is 3. The van der Waals surface area contributed by atoms with Crippen LogP contribution in [-0.2, 0) is 26.1 Å². The van der Waals surface area contributed by atoms with Crippen molar-refractivity contribution in [2.24, 2.45) is 0 Å². The third kappa shape index (κ3) is 5.78. The molecule has 0 saturated carbocycles. The molecule has 0 N–H and O–H groups in total. The van der Waals surface area contributed by atoms with Gasteiger partial charge in [-0.05, 0) is 61.7 Å². The zero-order valence-electron chi connectivity index (χ0n) is 20.2. The molecule has 176 valence electrons. The quantitative estimate of drug-likeness (QED) is 0.290. The van der Waals surface area contributed by atoms with E-state index in [4.69, 9.17) is 11.6 Å². The summed E-state index contributed by atoms with van der Waals surface area (Å²) in [6, 6.07) is 25.9. The number of hydrogen-bond donors (Lipinski definition) is 0. The zero-order chi connectivity index (χ0) is 24.1. The average Bonchev–Trinajstić information content (AvgIpc) is 3.12. The lowest BCUT2D eigenvalue weighted by Gasteiger charge is -2.28. The molecular formula is C30H32ClFN2. The van der Waals surface area contributed by atoms with E-state index in [1.807, 2.05) is 12.1 Å². The molecule has 3 aromatic carbocycles. The van der Waals surface area contributed by atoms with Crippen LogP contribution in [0.15, 0.2) is 84.7 Å². The molecule has 0 aliphatic carbocycles. The van der Waals surface area contributed by atoms with Crippen LogP contribution >= 0.6 is 11.6 Å². The Kier molecular flexibility index (Phi) is 7.87. The van der Waals surface area contributed by atoms with E-state index in [0.717, 1.165) is 37.6 Å². The first kappa shape index (κ1) is 24.3. The topological polar surface area (TPSA) is 8.17 Å². The van der Waals surface area contributed by atoms with E-state index in [1.165, 1.54) is 51.9 Å². The second-order valence-electron chi connectivity index (χ2n) is 8.98. The van der Waals surface area contributed by atoms with Crippen LogP contribution in [0.5, 0.6) is 0 Å². The molecule has 0 radical (unpaired) electrons. The van der Waals surface area contributed by atoms with Crippen LogP contribution in [0.1, 0.15) is 41.8 Å². The molecule has 0 unspecified atom stereocenters. The zero-order valence-corrected chi connectivity index (χ0v) is 20.9. The Morgan fingerprint density at radius 1 is 0.971 bits per heavy atom. The van der Waals surface area contributed by atoms with Gasteiger partial charge in [-0.1, -0.05) is 71.8 Å². The highest BCUT2D eigenvalue weighted by Gasteiger charge is 2.24. The van der Waals surface area contributed by atoms with Crippen molar-refractivity contribution in [2.75, 3.05) is 6.54 Å². The highest BCUT2D eigenvalue weighted by atomic mass is 35.5. The van der Waals surface area contributed by atoms with Gasteiger partial charge in [0.25, 0.3) is 0 Å². The molecule has 1 aliphatic rings. The van der Waals surface area contributed by atoms with Crippen molar-refractivity contribution in [1.29, 1.82) is 0 Å². The number of rotatable bonds is 4. The molecule has 0 fully saturated rings. The molecule has 0 spiro atoms. The van der Waals surface area contributed by atoms with Gasteiger partial charge in [0.15, 0.2) is 0 Å². The normalized spacial score (nSPS) is 14.0. The van der Waals surface area contributed by atoms with Crippen molar-refractivity contribution in [3.05, 3.63) is 118 Å². The molecule has 4 heteroatoms. The summed E-state index contributed by atoms with van der Waals surface area (Å²) in [6.45, 7) is 9.24. The summed E-state index contributed by atoms with van der Waals surface area (Å²) in [5.74, 6) is -0.120. The van der Waals surface area contributed by atoms with Gasteiger partial charge in [-0.25, -0.2) is 4.39 Å². The lowest BCUT2D eigenvalue weighted by molar-refractivity contribution is 0.243. The summed E-state index contributed by atoms with van der Waals surface area (Å²) in [4.78, 5) is 2.57. The smallest absolute Gasteiger partial charge is 0.0926 e. The molecule has 0 bridgehead atoms. The maximum absolute atomic E-state index is 11.3. The lowest BCUT2D eigenvalue weighted by atomic mass is 10.0. The molecule has 5 rings (SSSR count). The van der Waals surface area contributed by atoms with E-state index >= 15 is 0 Å². The summed E-state index contributed by atoms with van der Waals surface area (Å²) >= 11 is 6.25. The minimum atomic E-state index is -0.120. The number of allylic oxidation sites excluding steroid dienone is 2. The standard InChI is InChI=1S/C26H25ClN2.C4H7F/c1-19-10-11-25-23(14-19)24-18-28(16-20-6-3-2-4-7-20)13-12-26(24)29(25)17-21-8-5-9-22(27)15-21;1-3-4(2)5/h2-11,14-15H,12-13,16-18H2,1H3;3H,1-2H3/b;4-3+. The molecule has 0 atom stereocenters. The number of hydrogen-bond acceptors (Lipinski definition) is 1. The summed E-state index contributed by atoms with van der Waals surface area (Å²) < 4.78 is 13.8. The molecule has 1 aromatic heterocycles. The fourth-order valence-electron chi connectivity index (χ4n) is 4.59. The molecule has 2 heterocycles. The van der Waals surface area contributed by atoms with E-state index in [2.05, 4.69) is 77.1 Å². The predicted molar refractivity (Wildman–Crippen MR) is 142 cm³/mol. The first-order valence-corrected chi connectivity index (χ1v) is 12.2. The number of benzene rings is 3. The van der Waals surface area contributed by atoms with Crippen LogP contribution in [0.3, 0.4) is 0 Å². The maximum atomic E-state index is 11.3. The SMILES string of the molecule is C/C=C(\C)F.Cc1ccc2c(c1)c1c(n2Cc2cccc(Cl)c2)CCN(Cc2ccccc2)C1. The van der Waals surface area contributed by atoms with Gasteiger partial charge in [0.2, 0.25) is 0 Å². The average molecular weight is 475 g/mol. The van der Waals surface area contributed by atoms with Crippen molar-refractivity contribution in [3.8, 4) is 0 Å². The first-order valence-electron chi connectivity index (χ1n) is 11.8. The van der Waals surface area contributed by atoms with E-state index in [-0.39, 0.29) is 5.83 Å². The maximum Gasteiger partial charge on any atom is 0.0926 e. The Balaban J connectivity index is 0.000000499. The summed E-state index contributed by atoms with van der Waals surface area (Å²) in [5.41, 5.74) is 8.27. The summed E-state index contributed by atoms with van der Waals surface area (Å²) in [6.07, 6.45) is 2.50. The van der Waals surface area contributed by atoms with Gasteiger partial charge in [-0.2, -0.15) is 0 Å². The monoisotopic (exact) mass is 474 g/mol. The minimum absolute atomic E-state index is 0.120. The number of aryl methyl sites for hydroxylation is 1. The van der Waals surface area contributed by atoms with E-state index in [1.54, 1.807) is 6.92 Å². The van der Waals surface area contributed by atoms with Crippen LogP contribution in [0, 0.1) is 6.92 Å². The van der Waals surface area contributed by atoms with Crippen molar-refractivity contribution in [3.63, 3.8) is 0 Å². The first-order chi connectivity index (χ1) is 16.4. The highest BCUT2D eigenvalue weighted by molar-refractivity contribution is 6.30. The molecule has 34 heavy (non-hydrogen) atoms. The number of halogens is 2. The van der Waals surface area contributed by atoms with E-state index in [9.17, 15) is 4.39 Å². The Labute approximate surface area is 207 Å². The van der Waals surface area contributed by atoms with Crippen LogP contribution in [0.2, 0.25) is 5.02 Å². The predicted octanol–water partition coefficient (Wildman–Crippen LogP) is 8.09. The highest BCUT2D eigenvalue weighted by Crippen LogP contribution is 2.33. The largest absolute Gasteiger partial charge is 0.340 e. The van der Waals surface area contributed by atoms with Gasteiger partial charge < -0.3 is 4.57 Å². The molecule has 4 aromatic rings. The molecular weight excluding hydrogens is 443 g/mol. The van der Waals surface area contributed by atoms with Crippen molar-refractivity contribution >= 4 is 22.5 Å². The van der Waals surface area contributed by atoms with Crippen LogP contribution in [-0.4, -0.2) is 16.0 Å². The molecule has 0 amide bonds. The third-order valence-corrected chi connectivity index (χ3v) is 6.60. The van der Waals surface area contributed by atoms with Gasteiger partial charge in [-0.3, -0.25) is 4.90 Å². The number of aromatic nitrogens is 1. The summed E-state index contributed by atoms with van der Waals surface area (Å²) in [5, 5.41) is 2.21. The van der Waals surface area contributed by atoms with Gasteiger partial charge in [0, 0.05) is 54.2 Å². The second-order valence-corrected chi connectivity index (χ2v) is 9.42. The molecule has 1 aliphatic heterocycles.